The van der Waals surface area contributed by atoms with Gasteiger partial charge in [0.2, 0.25) is 6.10 Å². The fourth-order valence-electron chi connectivity index (χ4n) is 2.68. The van der Waals surface area contributed by atoms with Gasteiger partial charge in [0, 0.05) is 31.7 Å². The maximum atomic E-state index is 11.6. The molecule has 0 amide bonds. The highest BCUT2D eigenvalue weighted by Gasteiger charge is 2.54. The first-order chi connectivity index (χ1) is 12.8. The first-order valence-corrected chi connectivity index (χ1v) is 8.01. The third kappa shape index (κ3) is 5.40. The van der Waals surface area contributed by atoms with Crippen LogP contribution in [0, 0.1) is 0 Å². The molecule has 1 fully saturated rings. The van der Waals surface area contributed by atoms with Crippen LogP contribution in [0.3, 0.4) is 0 Å². The number of hydrogen-bond donors (Lipinski definition) is 0. The van der Waals surface area contributed by atoms with E-state index in [1.807, 2.05) is 0 Å². The highest BCUT2D eigenvalue weighted by molar-refractivity contribution is 5.67. The summed E-state index contributed by atoms with van der Waals surface area (Å²) < 4.78 is 22.9. The van der Waals surface area contributed by atoms with Gasteiger partial charge in [0.05, 0.1) is 0 Å². The van der Waals surface area contributed by atoms with Crippen LogP contribution in [0.4, 0.5) is 5.69 Å². The summed E-state index contributed by atoms with van der Waals surface area (Å²) in [6, 6.07) is 3.18. The number of rotatable bonds is 6. The molecule has 2 heterocycles. The van der Waals surface area contributed by atoms with Crippen molar-refractivity contribution >= 4 is 23.6 Å². The van der Waals surface area contributed by atoms with E-state index in [0.717, 1.165) is 0 Å². The first-order valence-electron chi connectivity index (χ1n) is 8.01. The summed E-state index contributed by atoms with van der Waals surface area (Å²) >= 11 is 0. The molecule has 27 heavy (non-hydrogen) atoms. The molecule has 144 valence electrons. The summed E-state index contributed by atoms with van der Waals surface area (Å²) in [5.41, 5.74) is 8.90. The van der Waals surface area contributed by atoms with Crippen LogP contribution in [0.15, 0.2) is 29.6 Å². The number of carbonyl (C=O) groups excluding carboxylic acids is 3. The van der Waals surface area contributed by atoms with Gasteiger partial charge in [0.1, 0.15) is 18.4 Å². The zero-order chi connectivity index (χ0) is 20.0. The molecular formula is C16H19N4O7+. The summed E-state index contributed by atoms with van der Waals surface area (Å²) in [7, 11) is 0. The Bertz CT molecular complexity index is 778. The van der Waals surface area contributed by atoms with Gasteiger partial charge in [0.25, 0.3) is 0 Å². The Kier molecular flexibility index (Phi) is 6.69. The predicted molar refractivity (Wildman–Crippen MR) is 87.1 cm³/mol. The van der Waals surface area contributed by atoms with Crippen molar-refractivity contribution in [1.82, 2.24) is 0 Å². The lowest BCUT2D eigenvalue weighted by Crippen LogP contribution is -2.48. The van der Waals surface area contributed by atoms with E-state index in [-0.39, 0.29) is 6.61 Å². The Hall–Kier alpha value is -3.17. The number of esters is 3. The largest absolute Gasteiger partial charge is 0.463 e. The average Bonchev–Trinajstić information content (AvgIpc) is 2.90. The van der Waals surface area contributed by atoms with Crippen molar-refractivity contribution in [2.75, 3.05) is 6.61 Å². The molecule has 1 saturated heterocycles. The minimum atomic E-state index is -1.00. The number of aromatic nitrogens is 1. The lowest BCUT2D eigenvalue weighted by Gasteiger charge is -2.21. The molecule has 11 nitrogen and oxygen atoms in total. The standard InChI is InChI=1S/C16H19N4O7/c1-9(21)24-8-13-14(25-10(2)22)15(26-11(3)23)16(27-13)20-6-4-5-12(7-20)18-19-17/h4-7,13-16H,8H2,1-3H3/q+1/t13-,14-,15-,16-/m1/s1. The van der Waals surface area contributed by atoms with Crippen molar-refractivity contribution in [2.45, 2.75) is 45.3 Å². The predicted octanol–water partition coefficient (Wildman–Crippen LogP) is 1.24. The Morgan fingerprint density at radius 3 is 2.44 bits per heavy atom. The van der Waals surface area contributed by atoms with Crippen LogP contribution in [-0.2, 0) is 33.3 Å². The van der Waals surface area contributed by atoms with Gasteiger partial charge in [-0.2, -0.15) is 4.57 Å². The van der Waals surface area contributed by atoms with E-state index in [1.165, 1.54) is 31.5 Å². The molecule has 0 aliphatic carbocycles. The summed E-state index contributed by atoms with van der Waals surface area (Å²) in [6.45, 7) is 3.45. The smallest absolute Gasteiger partial charge is 0.304 e. The van der Waals surface area contributed by atoms with Crippen LogP contribution >= 0.6 is 0 Å². The number of azide groups is 1. The van der Waals surface area contributed by atoms with Gasteiger partial charge in [0.15, 0.2) is 18.5 Å². The van der Waals surface area contributed by atoms with Crippen molar-refractivity contribution in [1.29, 1.82) is 0 Å². The molecule has 0 unspecified atom stereocenters. The van der Waals surface area contributed by atoms with Gasteiger partial charge >= 0.3 is 24.1 Å². The van der Waals surface area contributed by atoms with Crippen molar-refractivity contribution in [3.63, 3.8) is 0 Å². The van der Waals surface area contributed by atoms with Crippen molar-refractivity contribution in [3.8, 4) is 0 Å². The second-order valence-electron chi connectivity index (χ2n) is 5.71. The van der Waals surface area contributed by atoms with Crippen LogP contribution in [-0.4, -0.2) is 42.8 Å². The van der Waals surface area contributed by atoms with Crippen molar-refractivity contribution < 1.29 is 37.9 Å². The van der Waals surface area contributed by atoms with E-state index in [9.17, 15) is 14.4 Å². The average molecular weight is 379 g/mol. The van der Waals surface area contributed by atoms with Crippen LogP contribution in [0.5, 0.6) is 0 Å². The van der Waals surface area contributed by atoms with E-state index < -0.39 is 42.4 Å². The minimum absolute atomic E-state index is 0.196. The van der Waals surface area contributed by atoms with Crippen molar-refractivity contribution in [3.05, 3.63) is 35.0 Å². The molecule has 1 aromatic rings. The number of ether oxygens (including phenoxy) is 4. The molecule has 0 aromatic carbocycles. The Morgan fingerprint density at radius 2 is 1.85 bits per heavy atom. The number of carbonyl (C=O) groups is 3. The lowest BCUT2D eigenvalue weighted by molar-refractivity contribution is -0.764. The minimum Gasteiger partial charge on any atom is -0.463 e. The fourth-order valence-corrected chi connectivity index (χ4v) is 2.68. The maximum Gasteiger partial charge on any atom is 0.304 e. The van der Waals surface area contributed by atoms with E-state index in [1.54, 1.807) is 18.3 Å². The molecule has 4 atom stereocenters. The molecule has 1 aliphatic heterocycles. The highest BCUT2D eigenvalue weighted by atomic mass is 16.7. The normalized spacial score (nSPS) is 23.8. The van der Waals surface area contributed by atoms with E-state index in [4.69, 9.17) is 24.5 Å². The fraction of sp³-hybridized carbons (Fsp3) is 0.500. The first kappa shape index (κ1) is 20.1. The molecule has 0 bridgehead atoms. The summed E-state index contributed by atoms with van der Waals surface area (Å²) in [5.74, 6) is -1.75. The molecule has 0 spiro atoms. The maximum absolute atomic E-state index is 11.6. The van der Waals surface area contributed by atoms with Crippen LogP contribution in [0.25, 0.3) is 10.4 Å². The van der Waals surface area contributed by atoms with E-state index in [0.29, 0.717) is 5.69 Å². The number of nitrogens with zero attached hydrogens (tertiary/aromatic N) is 4. The quantitative estimate of drug-likeness (QED) is 0.181. The van der Waals surface area contributed by atoms with Crippen molar-refractivity contribution in [2.24, 2.45) is 5.11 Å². The van der Waals surface area contributed by atoms with Crippen LogP contribution in [0.1, 0.15) is 27.0 Å². The molecule has 1 aliphatic rings. The molecule has 0 saturated carbocycles. The second-order valence-corrected chi connectivity index (χ2v) is 5.71. The SMILES string of the molecule is CC(=O)OC[C@H]1O[C@@H]([n+]2cccc(N=[N+]=[N-])c2)[C@H](OC(C)=O)[C@@H]1OC(C)=O. The molecule has 0 radical (unpaired) electrons. The lowest BCUT2D eigenvalue weighted by atomic mass is 10.1. The second kappa shape index (κ2) is 8.97. The number of hydrogen-bond acceptors (Lipinski definition) is 8. The summed E-state index contributed by atoms with van der Waals surface area (Å²) in [6.07, 6.45) is -0.656. The summed E-state index contributed by atoms with van der Waals surface area (Å²) in [4.78, 5) is 36.9. The van der Waals surface area contributed by atoms with Gasteiger partial charge in [-0.15, -0.1) is 0 Å². The van der Waals surface area contributed by atoms with E-state index in [2.05, 4.69) is 10.0 Å². The third-order valence-electron chi connectivity index (χ3n) is 3.60. The van der Waals surface area contributed by atoms with E-state index >= 15 is 0 Å². The summed E-state index contributed by atoms with van der Waals surface area (Å²) in [5, 5.41) is 3.51. The highest BCUT2D eigenvalue weighted by Crippen LogP contribution is 2.31. The van der Waals surface area contributed by atoms with Gasteiger partial charge in [-0.05, 0) is 11.6 Å². The van der Waals surface area contributed by atoms with Gasteiger partial charge in [-0.1, -0.05) is 5.11 Å². The molecule has 11 heteroatoms. The Balaban J connectivity index is 2.38. The Labute approximate surface area is 154 Å². The zero-order valence-electron chi connectivity index (χ0n) is 15.0. The Morgan fingerprint density at radius 1 is 1.19 bits per heavy atom. The van der Waals surface area contributed by atoms with Gasteiger partial charge < -0.3 is 18.9 Å². The van der Waals surface area contributed by atoms with Gasteiger partial charge in [-0.3, -0.25) is 14.4 Å². The topological polar surface area (TPSA) is 141 Å². The third-order valence-corrected chi connectivity index (χ3v) is 3.60. The molecular weight excluding hydrogens is 360 g/mol. The van der Waals surface area contributed by atoms with Crippen LogP contribution < -0.4 is 4.57 Å². The molecule has 0 N–H and O–H groups in total. The van der Waals surface area contributed by atoms with Crippen LogP contribution in [0.2, 0.25) is 0 Å². The zero-order valence-corrected chi connectivity index (χ0v) is 15.0. The monoisotopic (exact) mass is 379 g/mol. The molecule has 1 aromatic heterocycles. The molecule has 2 rings (SSSR count). The van der Waals surface area contributed by atoms with Gasteiger partial charge in [-0.25, -0.2) is 0 Å². The number of pyridine rings is 1.